The molecule has 0 aliphatic carbocycles. The van der Waals surface area contributed by atoms with Gasteiger partial charge in [-0.05, 0) is 50.4 Å². The van der Waals surface area contributed by atoms with E-state index in [1.54, 1.807) is 6.92 Å². The Bertz CT molecular complexity index is 430. The summed E-state index contributed by atoms with van der Waals surface area (Å²) in [7, 11) is 0. The molecule has 0 saturated carbocycles. The van der Waals surface area contributed by atoms with Crippen molar-refractivity contribution in [2.45, 2.75) is 45.3 Å². The normalized spacial score (nSPS) is 20.7. The average molecular weight is 269 g/mol. The van der Waals surface area contributed by atoms with Crippen molar-refractivity contribution in [1.82, 2.24) is 5.32 Å². The molecule has 1 aromatic rings. The van der Waals surface area contributed by atoms with Crippen molar-refractivity contribution in [3.05, 3.63) is 34.9 Å². The number of rotatable bonds is 5. The van der Waals surface area contributed by atoms with Crippen LogP contribution in [0.5, 0.6) is 0 Å². The molecule has 0 spiro atoms. The van der Waals surface area contributed by atoms with E-state index in [9.17, 15) is 8.78 Å². The second kappa shape index (κ2) is 6.44. The van der Waals surface area contributed by atoms with Crippen molar-refractivity contribution in [3.8, 4) is 0 Å². The highest BCUT2D eigenvalue weighted by atomic mass is 19.1. The lowest BCUT2D eigenvalue weighted by Crippen LogP contribution is -2.26. The van der Waals surface area contributed by atoms with Crippen LogP contribution in [0.3, 0.4) is 0 Å². The summed E-state index contributed by atoms with van der Waals surface area (Å²) in [5.74, 6) is -0.700. The molecule has 1 heterocycles. The van der Waals surface area contributed by atoms with Gasteiger partial charge in [0, 0.05) is 18.2 Å². The van der Waals surface area contributed by atoms with E-state index in [1.165, 1.54) is 12.1 Å². The highest BCUT2D eigenvalue weighted by Crippen LogP contribution is 2.28. The van der Waals surface area contributed by atoms with Crippen molar-refractivity contribution in [2.75, 3.05) is 13.2 Å². The zero-order valence-electron chi connectivity index (χ0n) is 11.5. The number of hydrogen-bond acceptors (Lipinski definition) is 2. The van der Waals surface area contributed by atoms with Gasteiger partial charge in [0.2, 0.25) is 0 Å². The maximum absolute atomic E-state index is 14.0. The van der Waals surface area contributed by atoms with Crippen LogP contribution in [0.2, 0.25) is 0 Å². The molecule has 2 nitrogen and oxygen atoms in total. The van der Waals surface area contributed by atoms with Crippen molar-refractivity contribution < 1.29 is 13.5 Å². The van der Waals surface area contributed by atoms with E-state index < -0.39 is 0 Å². The van der Waals surface area contributed by atoms with Gasteiger partial charge in [-0.2, -0.15) is 0 Å². The largest absolute Gasteiger partial charge is 0.378 e. The number of aryl methyl sites for hydroxylation is 1. The summed E-state index contributed by atoms with van der Waals surface area (Å²) < 4.78 is 33.3. The molecular formula is C15H21F2NO. The fraction of sp³-hybridized carbons (Fsp3) is 0.600. The summed E-state index contributed by atoms with van der Waals surface area (Å²) in [5.41, 5.74) is 0.745. The van der Waals surface area contributed by atoms with Crippen molar-refractivity contribution in [1.29, 1.82) is 0 Å². The number of ether oxygens (including phenoxy) is 1. The molecule has 2 rings (SSSR count). The maximum Gasteiger partial charge on any atom is 0.128 e. The predicted octanol–water partition coefficient (Wildman–Crippen LogP) is 3.49. The molecular weight excluding hydrogens is 248 g/mol. The van der Waals surface area contributed by atoms with Crippen LogP contribution in [-0.4, -0.2) is 19.3 Å². The Morgan fingerprint density at radius 2 is 2.16 bits per heavy atom. The van der Waals surface area contributed by atoms with Crippen LogP contribution in [0.25, 0.3) is 0 Å². The van der Waals surface area contributed by atoms with E-state index in [2.05, 4.69) is 5.32 Å². The third-order valence-electron chi connectivity index (χ3n) is 3.63. The number of benzene rings is 1. The van der Waals surface area contributed by atoms with Gasteiger partial charge in [-0.15, -0.1) is 0 Å². The van der Waals surface area contributed by atoms with E-state index in [-0.39, 0.29) is 23.8 Å². The lowest BCUT2D eigenvalue weighted by Gasteiger charge is -2.22. The van der Waals surface area contributed by atoms with Crippen LogP contribution in [0.4, 0.5) is 8.78 Å². The molecule has 0 radical (unpaired) electrons. The van der Waals surface area contributed by atoms with Crippen molar-refractivity contribution in [2.24, 2.45) is 0 Å². The first kappa shape index (κ1) is 14.4. The van der Waals surface area contributed by atoms with Crippen LogP contribution in [0.1, 0.15) is 43.4 Å². The zero-order valence-corrected chi connectivity index (χ0v) is 11.5. The van der Waals surface area contributed by atoms with Crippen LogP contribution in [0, 0.1) is 18.6 Å². The van der Waals surface area contributed by atoms with E-state index in [0.29, 0.717) is 24.1 Å². The van der Waals surface area contributed by atoms with Gasteiger partial charge in [-0.1, -0.05) is 6.92 Å². The minimum absolute atomic E-state index is 0.146. The number of nitrogens with one attached hydrogen (secondary N) is 1. The fourth-order valence-corrected chi connectivity index (χ4v) is 2.59. The molecule has 2 unspecified atom stereocenters. The third-order valence-corrected chi connectivity index (χ3v) is 3.63. The summed E-state index contributed by atoms with van der Waals surface area (Å²) in [6, 6.07) is 2.39. The molecule has 0 aromatic heterocycles. The molecule has 4 heteroatoms. The first-order valence-corrected chi connectivity index (χ1v) is 6.92. The summed E-state index contributed by atoms with van der Waals surface area (Å²) >= 11 is 0. The molecule has 1 aliphatic heterocycles. The van der Waals surface area contributed by atoms with Crippen LogP contribution >= 0.6 is 0 Å². The molecule has 2 atom stereocenters. The van der Waals surface area contributed by atoms with Crippen LogP contribution in [-0.2, 0) is 4.74 Å². The molecule has 1 aliphatic rings. The summed E-state index contributed by atoms with van der Waals surface area (Å²) in [6.45, 7) is 5.02. The summed E-state index contributed by atoms with van der Waals surface area (Å²) in [6.07, 6.45) is 2.88. The van der Waals surface area contributed by atoms with Crippen molar-refractivity contribution >= 4 is 0 Å². The molecule has 1 aromatic carbocycles. The Hall–Kier alpha value is -1.00. The summed E-state index contributed by atoms with van der Waals surface area (Å²) in [4.78, 5) is 0. The maximum atomic E-state index is 14.0. The predicted molar refractivity (Wildman–Crippen MR) is 71.1 cm³/mol. The lowest BCUT2D eigenvalue weighted by molar-refractivity contribution is 0.0943. The quantitative estimate of drug-likeness (QED) is 0.883. The lowest BCUT2D eigenvalue weighted by atomic mass is 9.97. The van der Waals surface area contributed by atoms with E-state index in [4.69, 9.17) is 4.74 Å². The van der Waals surface area contributed by atoms with Gasteiger partial charge in [0.25, 0.3) is 0 Å². The molecule has 106 valence electrons. The Morgan fingerprint density at radius 3 is 2.79 bits per heavy atom. The smallest absolute Gasteiger partial charge is 0.128 e. The zero-order chi connectivity index (χ0) is 13.8. The average Bonchev–Trinajstić information content (AvgIpc) is 2.86. The first-order chi connectivity index (χ1) is 9.11. The molecule has 1 fully saturated rings. The van der Waals surface area contributed by atoms with Gasteiger partial charge < -0.3 is 10.1 Å². The molecule has 1 saturated heterocycles. The second-order valence-electron chi connectivity index (χ2n) is 5.10. The first-order valence-electron chi connectivity index (χ1n) is 6.92. The van der Waals surface area contributed by atoms with Crippen LogP contribution in [0.15, 0.2) is 12.1 Å². The Morgan fingerprint density at radius 1 is 1.37 bits per heavy atom. The SMILES string of the molecule is CCNC(CC1CCCO1)c1cc(F)c(C)cc1F. The topological polar surface area (TPSA) is 21.3 Å². The molecule has 0 bridgehead atoms. The Balaban J connectivity index is 2.19. The monoisotopic (exact) mass is 269 g/mol. The Kier molecular flexibility index (Phi) is 4.88. The van der Waals surface area contributed by atoms with Gasteiger partial charge >= 0.3 is 0 Å². The van der Waals surface area contributed by atoms with Gasteiger partial charge in [0.1, 0.15) is 11.6 Å². The minimum Gasteiger partial charge on any atom is -0.378 e. The van der Waals surface area contributed by atoms with E-state index in [1.807, 2.05) is 6.92 Å². The highest BCUT2D eigenvalue weighted by molar-refractivity contribution is 5.28. The van der Waals surface area contributed by atoms with Gasteiger partial charge in [0.05, 0.1) is 6.10 Å². The van der Waals surface area contributed by atoms with Crippen molar-refractivity contribution in [3.63, 3.8) is 0 Å². The molecule has 19 heavy (non-hydrogen) atoms. The third kappa shape index (κ3) is 3.51. The highest BCUT2D eigenvalue weighted by Gasteiger charge is 2.24. The molecule has 1 N–H and O–H groups in total. The minimum atomic E-state index is -0.355. The fourth-order valence-electron chi connectivity index (χ4n) is 2.59. The second-order valence-corrected chi connectivity index (χ2v) is 5.10. The van der Waals surface area contributed by atoms with E-state index in [0.717, 1.165) is 19.4 Å². The van der Waals surface area contributed by atoms with Crippen LogP contribution < -0.4 is 5.32 Å². The van der Waals surface area contributed by atoms with Gasteiger partial charge in [-0.25, -0.2) is 8.78 Å². The van der Waals surface area contributed by atoms with Gasteiger partial charge in [0.15, 0.2) is 0 Å². The number of halogens is 2. The standard InChI is InChI=1S/C15H21F2NO/c1-3-18-15(8-11-5-4-6-19-11)12-9-13(16)10(2)7-14(12)17/h7,9,11,15,18H,3-6,8H2,1-2H3. The van der Waals surface area contributed by atoms with E-state index >= 15 is 0 Å². The molecule has 0 amide bonds. The number of hydrogen-bond donors (Lipinski definition) is 1. The summed E-state index contributed by atoms with van der Waals surface area (Å²) in [5, 5.41) is 3.23. The van der Waals surface area contributed by atoms with Gasteiger partial charge in [-0.3, -0.25) is 0 Å². The Labute approximate surface area is 113 Å².